The molecule has 0 bridgehead atoms. The van der Waals surface area contributed by atoms with Gasteiger partial charge in [-0.2, -0.15) is 0 Å². The summed E-state index contributed by atoms with van der Waals surface area (Å²) >= 11 is 0. The molecule has 0 saturated carbocycles. The summed E-state index contributed by atoms with van der Waals surface area (Å²) in [6.45, 7) is 6.54. The van der Waals surface area contributed by atoms with Crippen molar-refractivity contribution in [3.05, 3.63) is 18.2 Å². The number of rotatable bonds is 23. The minimum absolute atomic E-state index is 0.0509. The zero-order valence-corrected chi connectivity index (χ0v) is 48.8. The number of nitrogens with two attached hydrogens (primary N) is 2. The number of carbonyl (C=O) groups is 12. The van der Waals surface area contributed by atoms with E-state index in [1.54, 1.807) is 0 Å². The van der Waals surface area contributed by atoms with E-state index in [-0.39, 0.29) is 115 Å². The van der Waals surface area contributed by atoms with Gasteiger partial charge in [-0.25, -0.2) is 9.78 Å². The molecular formula is C56H84N16O13. The molecule has 0 aromatic carbocycles. The summed E-state index contributed by atoms with van der Waals surface area (Å²) in [5.74, 6) is -7.23. The van der Waals surface area contributed by atoms with Crippen molar-refractivity contribution in [1.82, 2.24) is 66.0 Å². The number of aliphatic imine (C=N–C) groups is 1. The van der Waals surface area contributed by atoms with Gasteiger partial charge in [-0.15, -0.1) is 0 Å². The molecule has 7 aliphatic rings. The number of guanidine groups is 1. The molecular weight excluding hydrogens is 1100 g/mol. The van der Waals surface area contributed by atoms with Crippen LogP contribution in [0.2, 0.25) is 0 Å². The number of hydrogen-bond donors (Lipinski definition) is 9. The van der Waals surface area contributed by atoms with Crippen LogP contribution in [0.1, 0.15) is 136 Å². The predicted octanol–water partition coefficient (Wildman–Crippen LogP) is -2.68. The monoisotopic (exact) mass is 1190 g/mol. The third kappa shape index (κ3) is 14.6. The van der Waals surface area contributed by atoms with Crippen LogP contribution in [0.25, 0.3) is 0 Å². The summed E-state index contributed by atoms with van der Waals surface area (Å²) in [7, 11) is 0. The smallest absolute Gasteiger partial charge is 0.326 e. The van der Waals surface area contributed by atoms with Gasteiger partial charge in [0.15, 0.2) is 5.96 Å². The van der Waals surface area contributed by atoms with Gasteiger partial charge in [-0.05, 0) is 109 Å². The molecule has 1 aromatic rings. The first-order valence-electron chi connectivity index (χ1n) is 30.3. The van der Waals surface area contributed by atoms with Crippen LogP contribution < -0.4 is 38.1 Å². The summed E-state index contributed by atoms with van der Waals surface area (Å²) in [6.07, 6.45) is 8.79. The van der Waals surface area contributed by atoms with Crippen molar-refractivity contribution >= 4 is 76.9 Å². The number of nitrogens with zero attached hydrogens (tertiary/aromatic N) is 8. The second-order valence-electron chi connectivity index (χ2n) is 23.6. The molecule has 29 nitrogen and oxygen atoms in total. The summed E-state index contributed by atoms with van der Waals surface area (Å²) in [5.41, 5.74) is 11.6. The highest BCUT2D eigenvalue weighted by molar-refractivity contribution is 6.00. The lowest BCUT2D eigenvalue weighted by atomic mass is 9.96. The first-order chi connectivity index (χ1) is 40.7. The number of carbonyl (C=O) groups excluding carboxylic acids is 11. The minimum atomic E-state index is -1.24. The van der Waals surface area contributed by atoms with Crippen LogP contribution >= 0.6 is 0 Å². The van der Waals surface area contributed by atoms with Gasteiger partial charge in [0, 0.05) is 70.5 Å². The van der Waals surface area contributed by atoms with Crippen molar-refractivity contribution in [3.8, 4) is 0 Å². The SMILES string of the molecule is CC[C@H](C)[C@H](NC(=O)[C@@H]1CCCN1C(=O)[C@@H]1CCCN1C(=O)[C@H](Cc1cnc[nH]1)NC(=O)[C@@H]1CCCN1C(=O)[C@@H]1CCCN1C(=O)[C@H](CCCN=C(N)N)NC(=O)[C@H](C)NC(=O)[C@@H]1CCC(=O)N1)C(=O)N1CCC[C@H]1C(=O)N1CCC[C@H]1C(=O)O. The Kier molecular flexibility index (Phi) is 21.1. The number of likely N-dealkylation sites (tertiary alicyclic amines) is 6. The predicted molar refractivity (Wildman–Crippen MR) is 302 cm³/mol. The van der Waals surface area contributed by atoms with Crippen LogP contribution in [-0.4, -0.2) is 234 Å². The normalized spacial score (nSPS) is 25.6. The molecule has 7 fully saturated rings. The fourth-order valence-corrected chi connectivity index (χ4v) is 13.2. The van der Waals surface area contributed by atoms with Gasteiger partial charge in [0.25, 0.3) is 0 Å². The van der Waals surface area contributed by atoms with Crippen LogP contribution in [-0.2, 0) is 64.0 Å². The maximum absolute atomic E-state index is 14.9. The Morgan fingerprint density at radius 2 is 1.11 bits per heavy atom. The van der Waals surface area contributed by atoms with Crippen LogP contribution in [0.3, 0.4) is 0 Å². The number of aromatic nitrogens is 2. The first kappa shape index (κ1) is 63.1. The highest BCUT2D eigenvalue weighted by Gasteiger charge is 2.49. The lowest BCUT2D eigenvalue weighted by molar-refractivity contribution is -0.153. The molecule has 1 aromatic heterocycles. The molecule has 0 radical (unpaired) electrons. The van der Waals surface area contributed by atoms with E-state index in [0.717, 1.165) is 0 Å². The summed E-state index contributed by atoms with van der Waals surface area (Å²) < 4.78 is 0. The Hall–Kier alpha value is -7.88. The molecule has 466 valence electrons. The van der Waals surface area contributed by atoms with Gasteiger partial charge in [0.1, 0.15) is 66.5 Å². The fraction of sp³-hybridized carbons (Fsp3) is 0.714. The van der Waals surface area contributed by atoms with Crippen molar-refractivity contribution in [3.63, 3.8) is 0 Å². The van der Waals surface area contributed by atoms with E-state index < -0.39 is 132 Å². The van der Waals surface area contributed by atoms with E-state index in [2.05, 4.69) is 41.5 Å². The molecule has 7 saturated heterocycles. The van der Waals surface area contributed by atoms with Gasteiger partial charge >= 0.3 is 5.97 Å². The maximum atomic E-state index is 14.9. The zero-order valence-electron chi connectivity index (χ0n) is 48.8. The fourth-order valence-electron chi connectivity index (χ4n) is 13.2. The molecule has 0 spiro atoms. The third-order valence-electron chi connectivity index (χ3n) is 18.0. The number of carboxylic acid groups (broad SMARTS) is 1. The Balaban J connectivity index is 0.922. The Labute approximate surface area is 493 Å². The lowest BCUT2D eigenvalue weighted by Gasteiger charge is -2.36. The van der Waals surface area contributed by atoms with E-state index in [9.17, 15) is 62.6 Å². The van der Waals surface area contributed by atoms with Gasteiger partial charge in [-0.1, -0.05) is 20.3 Å². The average molecular weight is 1190 g/mol. The molecule has 11 amide bonds. The Morgan fingerprint density at radius 1 is 0.624 bits per heavy atom. The molecule has 0 aliphatic carbocycles. The summed E-state index contributed by atoms with van der Waals surface area (Å²) in [6, 6.07) is -11.2. The molecule has 12 atom stereocenters. The number of amides is 11. The standard InChI is InChI=1S/C56H84N16O13/c1-4-31(2)44(54(83)71-26-10-17-41(71)53(82)72-27-11-18-42(72)55(84)85)66-48(77)38-14-7-23-68(38)52(81)40-16-9-25-70(40)50(79)36(28-33-29-59-30-61-33)65-47(76)37-13-6-22-67(37)51(80)39-15-8-24-69(39)49(78)35(12-5-21-60-56(57)58)64-45(74)32(3)62-46(75)34-19-20-43(73)63-34/h29-32,34-42,44H,4-28H2,1-3H3,(H,59,61)(H,62,75)(H,63,73)(H,64,74)(H,65,76)(H,66,77)(H,84,85)(H4,57,58,60)/t31-,32-,34-,35-,36-,37-,38-,39-,40-,41-,42-,44-/m0/s1. The second-order valence-corrected chi connectivity index (χ2v) is 23.6. The molecule has 8 rings (SSSR count). The quantitative estimate of drug-likeness (QED) is 0.0306. The number of aliphatic carboxylic acids is 1. The molecule has 0 unspecified atom stereocenters. The van der Waals surface area contributed by atoms with Crippen molar-refractivity contribution in [1.29, 1.82) is 0 Å². The Bertz CT molecular complexity index is 2720. The van der Waals surface area contributed by atoms with E-state index in [4.69, 9.17) is 11.5 Å². The molecule has 11 N–H and O–H groups in total. The third-order valence-corrected chi connectivity index (χ3v) is 18.0. The number of aromatic amines is 1. The molecule has 85 heavy (non-hydrogen) atoms. The number of hydrogen-bond acceptors (Lipinski definition) is 14. The summed E-state index contributed by atoms with van der Waals surface area (Å²) in [5, 5.41) is 23.5. The highest BCUT2D eigenvalue weighted by atomic mass is 16.4. The highest BCUT2D eigenvalue weighted by Crippen LogP contribution is 2.31. The number of imidazole rings is 1. The molecule has 29 heteroatoms. The number of H-pyrrole nitrogens is 1. The van der Waals surface area contributed by atoms with E-state index in [1.165, 1.54) is 48.8 Å². The zero-order chi connectivity index (χ0) is 61.2. The number of carboxylic acids is 1. The first-order valence-corrected chi connectivity index (χ1v) is 30.3. The average Bonchev–Trinajstić information content (AvgIpc) is 4.52. The molecule has 8 heterocycles. The largest absolute Gasteiger partial charge is 0.480 e. The van der Waals surface area contributed by atoms with Gasteiger partial charge in [0.2, 0.25) is 65.0 Å². The minimum Gasteiger partial charge on any atom is -0.480 e. The van der Waals surface area contributed by atoms with Gasteiger partial charge < -0.3 is 77.5 Å². The van der Waals surface area contributed by atoms with E-state index in [1.807, 2.05) is 13.8 Å². The van der Waals surface area contributed by atoms with Crippen molar-refractivity contribution in [2.75, 3.05) is 45.8 Å². The second kappa shape index (κ2) is 28.3. The van der Waals surface area contributed by atoms with Crippen LogP contribution in [0.4, 0.5) is 0 Å². The van der Waals surface area contributed by atoms with E-state index >= 15 is 0 Å². The number of nitrogens with one attached hydrogen (secondary N) is 6. The Morgan fingerprint density at radius 3 is 1.59 bits per heavy atom. The van der Waals surface area contributed by atoms with E-state index in [0.29, 0.717) is 69.9 Å². The topological polar surface area (TPSA) is 398 Å². The van der Waals surface area contributed by atoms with Crippen molar-refractivity contribution < 1.29 is 62.6 Å². The van der Waals surface area contributed by atoms with Crippen molar-refractivity contribution in [2.45, 2.75) is 203 Å². The van der Waals surface area contributed by atoms with Crippen LogP contribution in [0.5, 0.6) is 0 Å². The lowest BCUT2D eigenvalue weighted by Crippen LogP contribution is -2.60. The van der Waals surface area contributed by atoms with Gasteiger partial charge in [0.05, 0.1) is 6.33 Å². The van der Waals surface area contributed by atoms with Crippen molar-refractivity contribution in [2.24, 2.45) is 22.4 Å². The van der Waals surface area contributed by atoms with Gasteiger partial charge in [-0.3, -0.25) is 57.7 Å². The van der Waals surface area contributed by atoms with Crippen LogP contribution in [0, 0.1) is 5.92 Å². The molecule has 7 aliphatic heterocycles. The van der Waals surface area contributed by atoms with Crippen LogP contribution in [0.15, 0.2) is 17.5 Å². The summed E-state index contributed by atoms with van der Waals surface area (Å²) in [4.78, 5) is 186. The maximum Gasteiger partial charge on any atom is 0.326 e.